The summed E-state index contributed by atoms with van der Waals surface area (Å²) in [6.45, 7) is 7.58. The van der Waals surface area contributed by atoms with Gasteiger partial charge < -0.3 is 15.2 Å². The van der Waals surface area contributed by atoms with E-state index in [0.29, 0.717) is 18.5 Å². The second-order valence-corrected chi connectivity index (χ2v) is 8.97. The summed E-state index contributed by atoms with van der Waals surface area (Å²) in [4.78, 5) is 9.58. The van der Waals surface area contributed by atoms with Crippen molar-refractivity contribution in [3.8, 4) is 0 Å². The van der Waals surface area contributed by atoms with Crippen molar-refractivity contribution in [2.45, 2.75) is 96.8 Å². The minimum Gasteiger partial charge on any atom is -0.354 e. The van der Waals surface area contributed by atoms with Crippen molar-refractivity contribution in [3.05, 3.63) is 23.3 Å². The lowest BCUT2D eigenvalue weighted by Crippen LogP contribution is -2.50. The van der Waals surface area contributed by atoms with Gasteiger partial charge in [0.15, 0.2) is 17.6 Å². The number of nitrogens with zero attached hydrogens (tertiary/aromatic N) is 7. The predicted molar refractivity (Wildman–Crippen MR) is 116 cm³/mol. The van der Waals surface area contributed by atoms with Gasteiger partial charge in [-0.25, -0.2) is 14.7 Å². The summed E-state index contributed by atoms with van der Waals surface area (Å²) in [7, 11) is 1.99. The third-order valence-electron chi connectivity index (χ3n) is 6.24. The zero-order valence-electron chi connectivity index (χ0n) is 18.7. The lowest BCUT2D eigenvalue weighted by Gasteiger charge is -2.29. The van der Waals surface area contributed by atoms with Crippen LogP contribution in [-0.2, 0) is 26.6 Å². The largest absolute Gasteiger partial charge is 0.354 e. The zero-order chi connectivity index (χ0) is 21.1. The normalized spacial score (nSPS) is 20.4. The summed E-state index contributed by atoms with van der Waals surface area (Å²) < 4.78 is 4.07. The van der Waals surface area contributed by atoms with Crippen molar-refractivity contribution in [1.29, 1.82) is 0 Å². The van der Waals surface area contributed by atoms with Crippen LogP contribution in [0.2, 0.25) is 0 Å². The summed E-state index contributed by atoms with van der Waals surface area (Å²) in [5.41, 5.74) is 0. The van der Waals surface area contributed by atoms with Crippen LogP contribution in [0.3, 0.4) is 0 Å². The van der Waals surface area contributed by atoms with E-state index in [1.165, 1.54) is 32.1 Å². The maximum absolute atomic E-state index is 4.87. The first-order chi connectivity index (χ1) is 14.5. The molecule has 0 spiro atoms. The molecule has 1 aliphatic carbocycles. The van der Waals surface area contributed by atoms with Gasteiger partial charge in [0.25, 0.3) is 0 Å². The Balaban J connectivity index is 1.46. The van der Waals surface area contributed by atoms with E-state index in [0.717, 1.165) is 48.6 Å². The monoisotopic (exact) mass is 413 g/mol. The number of hydrogen-bond donors (Lipinski definition) is 2. The molecule has 2 aliphatic rings. The van der Waals surface area contributed by atoms with Crippen molar-refractivity contribution >= 4 is 5.96 Å². The van der Waals surface area contributed by atoms with Gasteiger partial charge in [-0.15, -0.1) is 10.2 Å². The van der Waals surface area contributed by atoms with Crippen LogP contribution in [0.1, 0.15) is 81.6 Å². The van der Waals surface area contributed by atoms with E-state index in [9.17, 15) is 0 Å². The van der Waals surface area contributed by atoms with Gasteiger partial charge in [-0.2, -0.15) is 5.10 Å². The first kappa shape index (κ1) is 20.8. The van der Waals surface area contributed by atoms with Crippen molar-refractivity contribution in [2.24, 2.45) is 12.0 Å². The molecule has 0 aromatic carbocycles. The Bertz CT molecular complexity index is 873. The molecule has 2 aromatic rings. The van der Waals surface area contributed by atoms with Crippen LogP contribution in [0.5, 0.6) is 0 Å². The molecule has 3 heterocycles. The molecular formula is C21H35N9. The maximum Gasteiger partial charge on any atom is 0.192 e. The van der Waals surface area contributed by atoms with E-state index >= 15 is 0 Å². The van der Waals surface area contributed by atoms with Crippen molar-refractivity contribution in [1.82, 2.24) is 40.2 Å². The van der Waals surface area contributed by atoms with Crippen LogP contribution in [-0.4, -0.2) is 47.6 Å². The van der Waals surface area contributed by atoms with Crippen LogP contribution in [0.4, 0.5) is 0 Å². The summed E-state index contributed by atoms with van der Waals surface area (Å²) >= 11 is 0. The molecule has 164 valence electrons. The molecule has 0 radical (unpaired) electrons. The average molecular weight is 414 g/mol. The first-order valence-electron chi connectivity index (χ1n) is 11.4. The standard InChI is InChI=1S/C21H35N9/c1-14(2)20-25-18-11-10-17(13-30(18)28-20)24-21(23-16-8-6-5-7-9-16)22-12-19-27-26-15(3)29(19)4/h14,16-17H,5-13H2,1-4H3,(H2,22,23,24). The molecule has 0 amide bonds. The summed E-state index contributed by atoms with van der Waals surface area (Å²) in [5.74, 6) is 5.06. The number of aryl methyl sites for hydroxylation is 2. The quantitative estimate of drug-likeness (QED) is 0.576. The minimum absolute atomic E-state index is 0.287. The van der Waals surface area contributed by atoms with E-state index in [1.807, 2.05) is 18.5 Å². The highest BCUT2D eigenvalue weighted by Crippen LogP contribution is 2.19. The molecule has 1 fully saturated rings. The first-order valence-corrected chi connectivity index (χ1v) is 11.4. The molecule has 1 atom stereocenters. The van der Waals surface area contributed by atoms with Crippen LogP contribution < -0.4 is 10.6 Å². The molecule has 0 saturated heterocycles. The van der Waals surface area contributed by atoms with Gasteiger partial charge in [-0.05, 0) is 26.2 Å². The molecule has 9 heteroatoms. The number of aliphatic imine (C=N–C) groups is 1. The number of aromatic nitrogens is 6. The highest BCUT2D eigenvalue weighted by atomic mass is 15.4. The molecule has 4 rings (SSSR count). The summed E-state index contributed by atoms with van der Waals surface area (Å²) in [6, 6.07) is 0.777. The van der Waals surface area contributed by atoms with Crippen LogP contribution >= 0.6 is 0 Å². The molecule has 2 N–H and O–H groups in total. The molecule has 2 aromatic heterocycles. The fraction of sp³-hybridized carbons (Fsp3) is 0.762. The number of hydrogen-bond acceptors (Lipinski definition) is 5. The topological polar surface area (TPSA) is 97.8 Å². The molecule has 1 unspecified atom stereocenters. The Kier molecular flexibility index (Phi) is 6.34. The molecule has 1 saturated carbocycles. The van der Waals surface area contributed by atoms with Crippen LogP contribution in [0.15, 0.2) is 4.99 Å². The van der Waals surface area contributed by atoms with E-state index in [4.69, 9.17) is 15.1 Å². The van der Waals surface area contributed by atoms with E-state index in [-0.39, 0.29) is 6.04 Å². The number of fused-ring (bicyclic) bond motifs is 1. The van der Waals surface area contributed by atoms with Gasteiger partial charge in [-0.3, -0.25) is 0 Å². The average Bonchev–Trinajstić information content (AvgIpc) is 3.30. The fourth-order valence-corrected chi connectivity index (χ4v) is 4.20. The van der Waals surface area contributed by atoms with Gasteiger partial charge in [0.2, 0.25) is 0 Å². The molecule has 1 aliphatic heterocycles. The Labute approximate surface area is 178 Å². The van der Waals surface area contributed by atoms with Gasteiger partial charge in [-0.1, -0.05) is 33.1 Å². The highest BCUT2D eigenvalue weighted by molar-refractivity contribution is 5.80. The predicted octanol–water partition coefficient (Wildman–Crippen LogP) is 2.22. The van der Waals surface area contributed by atoms with Crippen molar-refractivity contribution in [3.63, 3.8) is 0 Å². The van der Waals surface area contributed by atoms with E-state index in [2.05, 4.69) is 39.4 Å². The molecule has 0 bridgehead atoms. The number of nitrogens with one attached hydrogen (secondary N) is 2. The lowest BCUT2D eigenvalue weighted by molar-refractivity contribution is 0.378. The summed E-state index contributed by atoms with van der Waals surface area (Å²) in [6.07, 6.45) is 8.31. The number of rotatable bonds is 5. The minimum atomic E-state index is 0.287. The molecule has 30 heavy (non-hydrogen) atoms. The molecular weight excluding hydrogens is 378 g/mol. The Morgan fingerprint density at radius 2 is 1.87 bits per heavy atom. The third kappa shape index (κ3) is 4.82. The Hall–Kier alpha value is -2.45. The third-order valence-corrected chi connectivity index (χ3v) is 6.24. The molecule has 9 nitrogen and oxygen atoms in total. The van der Waals surface area contributed by atoms with E-state index < -0.39 is 0 Å². The van der Waals surface area contributed by atoms with Gasteiger partial charge in [0.1, 0.15) is 18.2 Å². The van der Waals surface area contributed by atoms with Gasteiger partial charge in [0, 0.05) is 31.5 Å². The second-order valence-electron chi connectivity index (χ2n) is 8.97. The highest BCUT2D eigenvalue weighted by Gasteiger charge is 2.24. The van der Waals surface area contributed by atoms with Crippen LogP contribution in [0, 0.1) is 6.92 Å². The fourth-order valence-electron chi connectivity index (χ4n) is 4.20. The second kappa shape index (κ2) is 9.14. The Morgan fingerprint density at radius 3 is 2.57 bits per heavy atom. The van der Waals surface area contributed by atoms with Crippen molar-refractivity contribution < 1.29 is 0 Å². The summed E-state index contributed by atoms with van der Waals surface area (Å²) in [5, 5.41) is 20.5. The maximum atomic E-state index is 4.87. The van der Waals surface area contributed by atoms with E-state index in [1.54, 1.807) is 0 Å². The van der Waals surface area contributed by atoms with Crippen molar-refractivity contribution in [2.75, 3.05) is 0 Å². The lowest BCUT2D eigenvalue weighted by atomic mass is 9.96. The zero-order valence-corrected chi connectivity index (χ0v) is 18.7. The smallest absolute Gasteiger partial charge is 0.192 e. The Morgan fingerprint density at radius 1 is 1.10 bits per heavy atom. The number of guanidine groups is 1. The SMILES string of the molecule is Cc1nnc(CN=C(NC2CCCCC2)NC2CCc3nc(C(C)C)nn3C2)n1C. The van der Waals surface area contributed by atoms with Crippen LogP contribution in [0.25, 0.3) is 0 Å². The van der Waals surface area contributed by atoms with Gasteiger partial charge in [0.05, 0.1) is 6.54 Å². The van der Waals surface area contributed by atoms with Gasteiger partial charge >= 0.3 is 0 Å².